The molecule has 0 bridgehead atoms. The van der Waals surface area contributed by atoms with Gasteiger partial charge in [-0.3, -0.25) is 9.59 Å². The molecule has 10 aliphatic rings. The van der Waals surface area contributed by atoms with E-state index in [1.54, 1.807) is 0 Å². The maximum Gasteiger partial charge on any atom is 0.159 e. The highest BCUT2D eigenvalue weighted by atomic mass is 16.3. The summed E-state index contributed by atoms with van der Waals surface area (Å²) < 4.78 is 0. The Morgan fingerprint density at radius 1 is 0.515 bits per heavy atom. The number of hydrogen-bond acceptors (Lipinski definition) is 6. The zero-order valence-corrected chi connectivity index (χ0v) is 44.4. The van der Waals surface area contributed by atoms with E-state index in [4.69, 9.17) is 0 Å². The molecular formula is C60H94O6. The van der Waals surface area contributed by atoms with E-state index in [9.17, 15) is 29.7 Å². The molecule has 66 heavy (non-hydrogen) atoms. The average molecular weight is 911 g/mol. The van der Waals surface area contributed by atoms with Crippen molar-refractivity contribution in [3.8, 4) is 0 Å². The van der Waals surface area contributed by atoms with Crippen LogP contribution in [0.25, 0.3) is 0 Å². The van der Waals surface area contributed by atoms with Crippen molar-refractivity contribution in [2.45, 2.75) is 225 Å². The lowest BCUT2D eigenvalue weighted by molar-refractivity contribution is -0.202. The summed E-state index contributed by atoms with van der Waals surface area (Å²) in [5.74, 6) is 2.26. The van der Waals surface area contributed by atoms with Crippen molar-refractivity contribution >= 4 is 17.9 Å². The molecule has 8 fully saturated rings. The van der Waals surface area contributed by atoms with Gasteiger partial charge >= 0.3 is 0 Å². The molecule has 0 heterocycles. The lowest BCUT2D eigenvalue weighted by Crippen LogP contribution is -2.66. The number of aliphatic hydroxyl groups excluding tert-OH is 3. The number of aldehydes is 1. The molecule has 0 aliphatic heterocycles. The Morgan fingerprint density at radius 3 is 1.32 bits per heavy atom. The van der Waals surface area contributed by atoms with E-state index in [1.165, 1.54) is 36.7 Å². The van der Waals surface area contributed by atoms with Crippen LogP contribution in [-0.4, -0.2) is 52.0 Å². The summed E-state index contributed by atoms with van der Waals surface area (Å²) in [6.07, 6.45) is 23.7. The minimum absolute atomic E-state index is 0.00503. The summed E-state index contributed by atoms with van der Waals surface area (Å²) in [5, 5.41) is 31.9. The van der Waals surface area contributed by atoms with E-state index in [1.807, 2.05) is 0 Å². The minimum atomic E-state index is -0.279. The highest BCUT2D eigenvalue weighted by Gasteiger charge is 2.72. The first-order valence-corrected chi connectivity index (χ1v) is 27.3. The van der Waals surface area contributed by atoms with Gasteiger partial charge in [-0.25, -0.2) is 0 Å². The normalized spacial score (nSPS) is 55.5. The molecule has 0 saturated heterocycles. The number of carbonyl (C=O) groups is 3. The molecule has 6 nitrogen and oxygen atoms in total. The van der Waals surface area contributed by atoms with E-state index in [-0.39, 0.29) is 95.6 Å². The van der Waals surface area contributed by atoms with Gasteiger partial charge in [-0.05, 0) is 211 Å². The van der Waals surface area contributed by atoms with E-state index in [0.717, 1.165) is 96.3 Å². The molecule has 0 amide bonds. The topological polar surface area (TPSA) is 112 Å². The number of fused-ring (bicyclic) bond motifs is 14. The van der Waals surface area contributed by atoms with Gasteiger partial charge in [-0.2, -0.15) is 0 Å². The first-order valence-electron chi connectivity index (χ1n) is 27.3. The van der Waals surface area contributed by atoms with Gasteiger partial charge in [0, 0.05) is 23.9 Å². The quantitative estimate of drug-likeness (QED) is 0.238. The predicted octanol–water partition coefficient (Wildman–Crippen LogP) is 12.8. The molecule has 3 N–H and O–H groups in total. The fourth-order valence-electron chi connectivity index (χ4n) is 20.7. The number of rotatable bonds is 2. The van der Waals surface area contributed by atoms with Gasteiger partial charge < -0.3 is 20.1 Å². The van der Waals surface area contributed by atoms with Crippen LogP contribution in [0.1, 0.15) is 213 Å². The monoisotopic (exact) mass is 911 g/mol. The molecule has 8 saturated carbocycles. The van der Waals surface area contributed by atoms with Gasteiger partial charge in [-0.15, -0.1) is 0 Å². The van der Waals surface area contributed by atoms with Crippen molar-refractivity contribution in [2.24, 2.45) is 100 Å². The van der Waals surface area contributed by atoms with Crippen LogP contribution in [0.5, 0.6) is 0 Å². The molecule has 0 aromatic heterocycles. The third-order valence-corrected chi connectivity index (χ3v) is 25.9. The molecule has 6 heteroatoms. The number of ketones is 2. The van der Waals surface area contributed by atoms with E-state index in [2.05, 4.69) is 109 Å². The number of allylic oxidation sites excluding steroid dienone is 4. The van der Waals surface area contributed by atoms with Crippen LogP contribution in [0.2, 0.25) is 0 Å². The summed E-state index contributed by atoms with van der Waals surface area (Å²) >= 11 is 0. The smallest absolute Gasteiger partial charge is 0.159 e. The molecule has 18 atom stereocenters. The van der Waals surface area contributed by atoms with Crippen molar-refractivity contribution in [2.75, 3.05) is 6.61 Å². The minimum Gasteiger partial charge on any atom is -0.396 e. The zero-order valence-electron chi connectivity index (χ0n) is 44.4. The maximum atomic E-state index is 14.2. The van der Waals surface area contributed by atoms with Crippen molar-refractivity contribution in [1.29, 1.82) is 0 Å². The van der Waals surface area contributed by atoms with Crippen LogP contribution < -0.4 is 0 Å². The Bertz CT molecular complexity index is 2100. The van der Waals surface area contributed by atoms with E-state index >= 15 is 0 Å². The zero-order chi connectivity index (χ0) is 48.5. The standard InChI is InChI=1S/C30H48O3.C30H46O3/c2*1-25(2)22-8-11-30(7)24(28(22,5)10-9-23(25)33)21(32)16-19-20-17-26(3,18-31)12-13-27(20,4)14-15-29(19,30)6/h16,20,22-24,31,33H,8-15,17-18H2,1-7H3;16,18,20,22-24,33H,8-15,17H2,1-7H3/t2*20-,22-,23-,24+,26-,27+,28-,29+,30+/m00/s1. The second-order valence-corrected chi connectivity index (χ2v) is 29.9. The van der Waals surface area contributed by atoms with Gasteiger partial charge in [0.2, 0.25) is 0 Å². The first-order chi connectivity index (χ1) is 30.3. The van der Waals surface area contributed by atoms with E-state index in [0.29, 0.717) is 35.2 Å². The van der Waals surface area contributed by atoms with Crippen LogP contribution in [0.3, 0.4) is 0 Å². The Balaban J connectivity index is 0.000000166. The van der Waals surface area contributed by atoms with Crippen LogP contribution in [0, 0.1) is 100 Å². The largest absolute Gasteiger partial charge is 0.396 e. The fourth-order valence-corrected chi connectivity index (χ4v) is 20.7. The molecule has 10 aliphatic carbocycles. The predicted molar refractivity (Wildman–Crippen MR) is 264 cm³/mol. The van der Waals surface area contributed by atoms with Crippen molar-refractivity contribution in [3.63, 3.8) is 0 Å². The second kappa shape index (κ2) is 15.0. The number of aliphatic hydroxyl groups is 3. The van der Waals surface area contributed by atoms with Gasteiger partial charge in [0.15, 0.2) is 11.6 Å². The summed E-state index contributed by atoms with van der Waals surface area (Å²) in [7, 11) is 0. The summed E-state index contributed by atoms with van der Waals surface area (Å²) in [6, 6.07) is 0. The van der Waals surface area contributed by atoms with E-state index < -0.39 is 0 Å². The third kappa shape index (κ3) is 6.35. The fraction of sp³-hybridized carbons (Fsp3) is 0.883. The van der Waals surface area contributed by atoms with Crippen LogP contribution in [0.15, 0.2) is 23.3 Å². The van der Waals surface area contributed by atoms with Crippen molar-refractivity contribution < 1.29 is 29.7 Å². The lowest BCUT2D eigenvalue weighted by atomic mass is 9.33. The van der Waals surface area contributed by atoms with Gasteiger partial charge in [0.1, 0.15) is 6.29 Å². The van der Waals surface area contributed by atoms with Crippen LogP contribution >= 0.6 is 0 Å². The highest BCUT2D eigenvalue weighted by molar-refractivity contribution is 5.96. The summed E-state index contributed by atoms with van der Waals surface area (Å²) in [5.41, 5.74) is 2.50. The molecule has 370 valence electrons. The van der Waals surface area contributed by atoms with Crippen molar-refractivity contribution in [3.05, 3.63) is 23.3 Å². The molecule has 0 aromatic carbocycles. The summed E-state index contributed by atoms with van der Waals surface area (Å²) in [4.78, 5) is 40.4. The maximum absolute atomic E-state index is 14.2. The Kier molecular flexibility index (Phi) is 11.2. The molecule has 0 aromatic rings. The molecule has 0 unspecified atom stereocenters. The Morgan fingerprint density at radius 2 is 0.909 bits per heavy atom. The van der Waals surface area contributed by atoms with Crippen LogP contribution in [0.4, 0.5) is 0 Å². The molecular weight excluding hydrogens is 817 g/mol. The number of carbonyl (C=O) groups excluding carboxylic acids is 3. The molecule has 10 rings (SSSR count). The van der Waals surface area contributed by atoms with Gasteiger partial charge in [0.05, 0.1) is 12.2 Å². The average Bonchev–Trinajstić information content (AvgIpc) is 3.24. The lowest BCUT2D eigenvalue weighted by Gasteiger charge is -2.70. The number of hydrogen-bond donors (Lipinski definition) is 3. The van der Waals surface area contributed by atoms with Crippen molar-refractivity contribution in [1.82, 2.24) is 0 Å². The Labute approximate surface area is 401 Å². The second-order valence-electron chi connectivity index (χ2n) is 29.9. The molecule has 0 radical (unpaired) electrons. The van der Waals surface area contributed by atoms with Gasteiger partial charge in [-0.1, -0.05) is 108 Å². The third-order valence-electron chi connectivity index (χ3n) is 25.9. The Hall–Kier alpha value is -1.63. The first kappa shape index (κ1) is 49.4. The molecule has 0 spiro atoms. The highest BCUT2D eigenvalue weighted by Crippen LogP contribution is 2.77. The summed E-state index contributed by atoms with van der Waals surface area (Å²) in [6.45, 7) is 33.1. The SMILES string of the molecule is CC1(C)[C@@H](O)CC[C@]2(C)[C@H]3C(=O)C=C4[C@@H]5C[C@@](C)(C=O)CC[C@]5(C)CC[C@@]4(C)[C@]3(C)CC[C@@H]12.CC1(C)[C@@H](O)CC[C@]2(C)[C@H]3C(=O)C=C4[C@@H]5C[C@@](C)(CO)CC[C@]5(C)CC[C@@]4(C)[C@]3(C)CC[C@@H]12. The van der Waals surface area contributed by atoms with Gasteiger partial charge in [0.25, 0.3) is 0 Å². The van der Waals surface area contributed by atoms with Crippen LogP contribution in [-0.2, 0) is 14.4 Å².